The SMILES string of the molecule is CC(C)COCCNC(=O)COc1ccccc1N. The molecule has 0 atom stereocenters. The molecular weight excluding hydrogens is 244 g/mol. The number of benzene rings is 1. The molecule has 1 aromatic rings. The summed E-state index contributed by atoms with van der Waals surface area (Å²) in [5.41, 5.74) is 6.22. The number of amides is 1. The Kier molecular flexibility index (Phi) is 6.74. The quantitative estimate of drug-likeness (QED) is 0.551. The van der Waals surface area contributed by atoms with Crippen LogP contribution in [0.25, 0.3) is 0 Å². The van der Waals surface area contributed by atoms with E-state index in [-0.39, 0.29) is 12.5 Å². The number of nitrogen functional groups attached to an aromatic ring is 1. The molecule has 0 fully saturated rings. The molecule has 0 aliphatic carbocycles. The molecule has 5 nitrogen and oxygen atoms in total. The van der Waals surface area contributed by atoms with Gasteiger partial charge in [0.15, 0.2) is 6.61 Å². The van der Waals surface area contributed by atoms with Crippen LogP contribution in [0.5, 0.6) is 5.75 Å². The first-order valence-corrected chi connectivity index (χ1v) is 6.41. The van der Waals surface area contributed by atoms with Crippen LogP contribution in [0.4, 0.5) is 5.69 Å². The van der Waals surface area contributed by atoms with E-state index in [0.717, 1.165) is 0 Å². The van der Waals surface area contributed by atoms with Crippen LogP contribution in [0.1, 0.15) is 13.8 Å². The summed E-state index contributed by atoms with van der Waals surface area (Å²) in [5.74, 6) is 0.838. The number of para-hydroxylation sites is 2. The molecule has 0 spiro atoms. The van der Waals surface area contributed by atoms with Crippen LogP contribution >= 0.6 is 0 Å². The molecule has 0 saturated carbocycles. The lowest BCUT2D eigenvalue weighted by Gasteiger charge is -2.10. The van der Waals surface area contributed by atoms with E-state index in [0.29, 0.717) is 37.1 Å². The number of rotatable bonds is 8. The average Bonchev–Trinajstić information content (AvgIpc) is 2.37. The number of anilines is 1. The monoisotopic (exact) mass is 266 g/mol. The van der Waals surface area contributed by atoms with Crippen molar-refractivity contribution in [3.05, 3.63) is 24.3 Å². The van der Waals surface area contributed by atoms with Gasteiger partial charge < -0.3 is 20.5 Å². The lowest BCUT2D eigenvalue weighted by atomic mass is 10.2. The molecule has 1 rings (SSSR count). The third-order valence-corrected chi connectivity index (χ3v) is 2.30. The topological polar surface area (TPSA) is 73.6 Å². The van der Waals surface area contributed by atoms with Crippen LogP contribution in [0.2, 0.25) is 0 Å². The molecule has 0 radical (unpaired) electrons. The predicted octanol–water partition coefficient (Wildman–Crippen LogP) is 1.44. The lowest BCUT2D eigenvalue weighted by Crippen LogP contribution is -2.32. The Bertz CT molecular complexity index is 394. The zero-order valence-corrected chi connectivity index (χ0v) is 11.5. The van der Waals surface area contributed by atoms with Crippen molar-refractivity contribution in [1.29, 1.82) is 0 Å². The van der Waals surface area contributed by atoms with E-state index in [1.54, 1.807) is 12.1 Å². The van der Waals surface area contributed by atoms with Gasteiger partial charge in [-0.05, 0) is 18.1 Å². The van der Waals surface area contributed by atoms with E-state index in [1.165, 1.54) is 0 Å². The third-order valence-electron chi connectivity index (χ3n) is 2.30. The highest BCUT2D eigenvalue weighted by Crippen LogP contribution is 2.19. The van der Waals surface area contributed by atoms with Gasteiger partial charge in [-0.25, -0.2) is 0 Å². The molecule has 106 valence electrons. The zero-order chi connectivity index (χ0) is 14.1. The largest absolute Gasteiger partial charge is 0.482 e. The molecule has 19 heavy (non-hydrogen) atoms. The highest BCUT2D eigenvalue weighted by Gasteiger charge is 2.04. The summed E-state index contributed by atoms with van der Waals surface area (Å²) < 4.78 is 10.7. The van der Waals surface area contributed by atoms with Gasteiger partial charge in [-0.15, -0.1) is 0 Å². The average molecular weight is 266 g/mol. The molecule has 0 heterocycles. The van der Waals surface area contributed by atoms with Crippen molar-refractivity contribution in [1.82, 2.24) is 5.32 Å². The number of carbonyl (C=O) groups excluding carboxylic acids is 1. The second-order valence-corrected chi connectivity index (χ2v) is 4.65. The molecule has 0 aromatic heterocycles. The van der Waals surface area contributed by atoms with Gasteiger partial charge in [0.25, 0.3) is 5.91 Å². The first kappa shape index (κ1) is 15.3. The van der Waals surface area contributed by atoms with Crippen molar-refractivity contribution in [2.75, 3.05) is 32.1 Å². The summed E-state index contributed by atoms with van der Waals surface area (Å²) in [6, 6.07) is 7.08. The van der Waals surface area contributed by atoms with E-state index in [4.69, 9.17) is 15.2 Å². The van der Waals surface area contributed by atoms with Crippen LogP contribution in [0, 0.1) is 5.92 Å². The standard InChI is InChI=1S/C14H22N2O3/c1-11(2)9-18-8-7-16-14(17)10-19-13-6-4-3-5-12(13)15/h3-6,11H,7-10,15H2,1-2H3,(H,16,17). The fourth-order valence-corrected chi connectivity index (χ4v) is 1.39. The fourth-order valence-electron chi connectivity index (χ4n) is 1.39. The van der Waals surface area contributed by atoms with Gasteiger partial charge >= 0.3 is 0 Å². The number of hydrogen-bond donors (Lipinski definition) is 2. The molecule has 0 aliphatic rings. The number of nitrogens with two attached hydrogens (primary N) is 1. The van der Waals surface area contributed by atoms with E-state index in [9.17, 15) is 4.79 Å². The Balaban J connectivity index is 2.13. The minimum atomic E-state index is -0.184. The number of ether oxygens (including phenoxy) is 2. The zero-order valence-electron chi connectivity index (χ0n) is 11.5. The van der Waals surface area contributed by atoms with E-state index in [1.807, 2.05) is 12.1 Å². The number of carbonyl (C=O) groups is 1. The Morgan fingerprint density at radius 3 is 2.79 bits per heavy atom. The maximum Gasteiger partial charge on any atom is 0.258 e. The summed E-state index contributed by atoms with van der Waals surface area (Å²) in [4.78, 5) is 11.5. The fraction of sp³-hybridized carbons (Fsp3) is 0.500. The van der Waals surface area contributed by atoms with Gasteiger partial charge in [0.1, 0.15) is 5.75 Å². The summed E-state index contributed by atoms with van der Waals surface area (Å²) >= 11 is 0. The van der Waals surface area contributed by atoms with E-state index in [2.05, 4.69) is 19.2 Å². The van der Waals surface area contributed by atoms with Gasteiger partial charge in [0, 0.05) is 13.2 Å². The van der Waals surface area contributed by atoms with Crippen molar-refractivity contribution < 1.29 is 14.3 Å². The third kappa shape index (κ3) is 6.67. The Labute approximate surface area is 114 Å². The number of nitrogens with one attached hydrogen (secondary N) is 1. The van der Waals surface area contributed by atoms with Gasteiger partial charge in [0.05, 0.1) is 12.3 Å². The Hall–Kier alpha value is -1.75. The predicted molar refractivity (Wildman–Crippen MR) is 75.0 cm³/mol. The minimum absolute atomic E-state index is 0.0433. The van der Waals surface area contributed by atoms with Gasteiger partial charge in [0.2, 0.25) is 0 Å². The smallest absolute Gasteiger partial charge is 0.258 e. The van der Waals surface area contributed by atoms with Crippen LogP contribution < -0.4 is 15.8 Å². The van der Waals surface area contributed by atoms with Crippen LogP contribution in [-0.4, -0.2) is 32.3 Å². The van der Waals surface area contributed by atoms with Crippen LogP contribution in [0.15, 0.2) is 24.3 Å². The number of hydrogen-bond acceptors (Lipinski definition) is 4. The van der Waals surface area contributed by atoms with Gasteiger partial charge in [-0.1, -0.05) is 26.0 Å². The highest BCUT2D eigenvalue weighted by atomic mass is 16.5. The van der Waals surface area contributed by atoms with Crippen LogP contribution in [-0.2, 0) is 9.53 Å². The van der Waals surface area contributed by atoms with E-state index < -0.39 is 0 Å². The summed E-state index contributed by atoms with van der Waals surface area (Å²) in [6.45, 7) is 5.81. The molecule has 1 aromatic carbocycles. The molecule has 1 amide bonds. The summed E-state index contributed by atoms with van der Waals surface area (Å²) in [5, 5.41) is 2.72. The Morgan fingerprint density at radius 2 is 2.11 bits per heavy atom. The Morgan fingerprint density at radius 1 is 1.37 bits per heavy atom. The van der Waals surface area contributed by atoms with E-state index >= 15 is 0 Å². The molecule has 0 aliphatic heterocycles. The van der Waals surface area contributed by atoms with Crippen molar-refractivity contribution in [2.24, 2.45) is 5.92 Å². The van der Waals surface area contributed by atoms with Crippen molar-refractivity contribution in [3.8, 4) is 5.75 Å². The van der Waals surface area contributed by atoms with Crippen molar-refractivity contribution >= 4 is 11.6 Å². The van der Waals surface area contributed by atoms with Crippen LogP contribution in [0.3, 0.4) is 0 Å². The maximum absolute atomic E-state index is 11.5. The summed E-state index contributed by atoms with van der Waals surface area (Å²) in [7, 11) is 0. The second-order valence-electron chi connectivity index (χ2n) is 4.65. The maximum atomic E-state index is 11.5. The van der Waals surface area contributed by atoms with Crippen molar-refractivity contribution in [2.45, 2.75) is 13.8 Å². The van der Waals surface area contributed by atoms with Gasteiger partial charge in [-0.2, -0.15) is 0 Å². The molecule has 0 bridgehead atoms. The molecular formula is C14H22N2O3. The normalized spacial score (nSPS) is 10.5. The highest BCUT2D eigenvalue weighted by molar-refractivity contribution is 5.77. The minimum Gasteiger partial charge on any atom is -0.482 e. The second kappa shape index (κ2) is 8.37. The first-order valence-electron chi connectivity index (χ1n) is 6.41. The van der Waals surface area contributed by atoms with Crippen molar-refractivity contribution in [3.63, 3.8) is 0 Å². The molecule has 3 N–H and O–H groups in total. The van der Waals surface area contributed by atoms with Gasteiger partial charge in [-0.3, -0.25) is 4.79 Å². The lowest BCUT2D eigenvalue weighted by molar-refractivity contribution is -0.123. The molecule has 5 heteroatoms. The molecule has 0 unspecified atom stereocenters. The summed E-state index contributed by atoms with van der Waals surface area (Å²) in [6.07, 6.45) is 0. The first-order chi connectivity index (χ1) is 9.09. The molecule has 0 saturated heterocycles.